The summed E-state index contributed by atoms with van der Waals surface area (Å²) in [6.07, 6.45) is 6.05. The van der Waals surface area contributed by atoms with Crippen molar-refractivity contribution in [3.8, 4) is 0 Å². The van der Waals surface area contributed by atoms with Crippen LogP contribution in [0.25, 0.3) is 6.08 Å². The van der Waals surface area contributed by atoms with Crippen LogP contribution in [0.5, 0.6) is 0 Å². The number of alkyl carbamates (subject to hydrolysis) is 1. The molecule has 4 atom stereocenters. The Morgan fingerprint density at radius 3 is 2.04 bits per heavy atom. The van der Waals surface area contributed by atoms with E-state index in [9.17, 15) is 14.4 Å². The normalized spacial score (nSPS) is 16.9. The van der Waals surface area contributed by atoms with Crippen LogP contribution in [0.15, 0.2) is 66.7 Å². The summed E-state index contributed by atoms with van der Waals surface area (Å²) in [4.78, 5) is 44.0. The van der Waals surface area contributed by atoms with Crippen LogP contribution in [0, 0.1) is 11.8 Å². The second-order valence-electron chi connectivity index (χ2n) is 17.7. The van der Waals surface area contributed by atoms with Gasteiger partial charge in [-0.15, -0.1) is 0 Å². The predicted octanol–water partition coefficient (Wildman–Crippen LogP) is 8.36. The topological polar surface area (TPSA) is 109 Å². The summed E-state index contributed by atoms with van der Waals surface area (Å²) < 4.78 is 13.0. The monoisotopic (exact) mass is 763 g/mol. The average Bonchev–Trinajstić information content (AvgIpc) is 3.09. The number of carbonyl (C=O) groups excluding carboxylic acids is 3. The second-order valence-corrected chi connectivity index (χ2v) is 22.5. The van der Waals surface area contributed by atoms with Gasteiger partial charge in [-0.1, -0.05) is 114 Å². The standard InChI is InChI=1S/C44H70N4O5Si/c1-12-45-36-26-28-48(29-27-36)41(50)39(32(2)3)47-40(49)35(25-19-24-33-20-15-13-16-21-33)31-38(53-54(10,11)44(7,8)9)37(30-34-22-17-14-18-23-34)46-42(51)52-43(4,5)6/h13-24,32,35-39,45H,12,25-31H2,1-11H3,(H,46,51)(H,47,49). The molecule has 4 unspecified atom stereocenters. The maximum absolute atomic E-state index is 14.6. The van der Waals surface area contributed by atoms with E-state index in [1.165, 1.54) is 0 Å². The molecule has 300 valence electrons. The first-order chi connectivity index (χ1) is 25.3. The first-order valence-electron chi connectivity index (χ1n) is 20.0. The van der Waals surface area contributed by atoms with E-state index in [0.29, 0.717) is 38.4 Å². The number of allylic oxidation sites excluding steroid dienone is 1. The summed E-state index contributed by atoms with van der Waals surface area (Å²) in [5.41, 5.74) is 1.38. The lowest BCUT2D eigenvalue weighted by Crippen LogP contribution is -2.56. The minimum absolute atomic E-state index is 0.0329. The van der Waals surface area contributed by atoms with Gasteiger partial charge in [-0.25, -0.2) is 4.79 Å². The van der Waals surface area contributed by atoms with Gasteiger partial charge < -0.3 is 30.0 Å². The lowest BCUT2D eigenvalue weighted by Gasteiger charge is -2.42. The zero-order valence-corrected chi connectivity index (χ0v) is 36.0. The molecule has 1 heterocycles. The minimum atomic E-state index is -2.44. The van der Waals surface area contributed by atoms with E-state index in [1.54, 1.807) is 0 Å². The predicted molar refractivity (Wildman–Crippen MR) is 224 cm³/mol. The lowest BCUT2D eigenvalue weighted by atomic mass is 9.89. The highest BCUT2D eigenvalue weighted by Crippen LogP contribution is 2.39. The van der Waals surface area contributed by atoms with Crippen molar-refractivity contribution in [2.45, 2.75) is 142 Å². The Hall–Kier alpha value is -3.47. The second kappa shape index (κ2) is 20.4. The molecule has 2 aromatic carbocycles. The maximum Gasteiger partial charge on any atom is 0.407 e. The molecule has 3 rings (SSSR count). The molecule has 1 aliphatic heterocycles. The van der Waals surface area contributed by atoms with Crippen molar-refractivity contribution in [1.82, 2.24) is 20.9 Å². The third-order valence-corrected chi connectivity index (χ3v) is 15.2. The van der Waals surface area contributed by atoms with Gasteiger partial charge in [0.05, 0.1) is 12.1 Å². The van der Waals surface area contributed by atoms with Gasteiger partial charge in [0.2, 0.25) is 11.8 Å². The number of hydrogen-bond acceptors (Lipinski definition) is 6. The molecule has 10 heteroatoms. The summed E-state index contributed by atoms with van der Waals surface area (Å²) in [6, 6.07) is 19.3. The minimum Gasteiger partial charge on any atom is -0.444 e. The smallest absolute Gasteiger partial charge is 0.407 e. The summed E-state index contributed by atoms with van der Waals surface area (Å²) in [7, 11) is -2.44. The first kappa shape index (κ1) is 44.9. The molecule has 2 aromatic rings. The third kappa shape index (κ3) is 14.6. The summed E-state index contributed by atoms with van der Waals surface area (Å²) in [6.45, 7) is 24.8. The lowest BCUT2D eigenvalue weighted by molar-refractivity contribution is -0.139. The zero-order chi connectivity index (χ0) is 40.1. The van der Waals surface area contributed by atoms with Crippen LogP contribution in [-0.2, 0) is 25.2 Å². The summed E-state index contributed by atoms with van der Waals surface area (Å²) in [5, 5.41) is 9.77. The molecule has 54 heavy (non-hydrogen) atoms. The third-order valence-electron chi connectivity index (χ3n) is 10.6. The van der Waals surface area contributed by atoms with E-state index in [-0.39, 0.29) is 22.8 Å². The van der Waals surface area contributed by atoms with E-state index in [0.717, 1.165) is 30.5 Å². The maximum atomic E-state index is 14.6. The fraction of sp³-hybridized carbons (Fsp3) is 0.614. The van der Waals surface area contributed by atoms with Crippen molar-refractivity contribution in [1.29, 1.82) is 0 Å². The van der Waals surface area contributed by atoms with Crippen molar-refractivity contribution in [2.75, 3.05) is 19.6 Å². The number of rotatable bonds is 17. The number of ether oxygens (including phenoxy) is 1. The van der Waals surface area contributed by atoms with E-state index < -0.39 is 44.1 Å². The van der Waals surface area contributed by atoms with Gasteiger partial charge in [0.1, 0.15) is 11.6 Å². The van der Waals surface area contributed by atoms with Gasteiger partial charge in [0.15, 0.2) is 8.32 Å². The van der Waals surface area contributed by atoms with Crippen LogP contribution in [0.4, 0.5) is 4.79 Å². The van der Waals surface area contributed by atoms with Crippen LogP contribution in [0.2, 0.25) is 18.1 Å². The highest BCUT2D eigenvalue weighted by atomic mass is 28.4. The Bertz CT molecular complexity index is 1480. The molecule has 1 fully saturated rings. The van der Waals surface area contributed by atoms with Gasteiger partial charge in [-0.3, -0.25) is 9.59 Å². The number of nitrogens with zero attached hydrogens (tertiary/aromatic N) is 1. The molecule has 0 spiro atoms. The zero-order valence-electron chi connectivity index (χ0n) is 35.0. The fourth-order valence-corrected chi connectivity index (χ4v) is 7.92. The quantitative estimate of drug-likeness (QED) is 0.140. The van der Waals surface area contributed by atoms with Crippen LogP contribution in [0.3, 0.4) is 0 Å². The van der Waals surface area contributed by atoms with Crippen molar-refractivity contribution in [2.24, 2.45) is 11.8 Å². The van der Waals surface area contributed by atoms with Gasteiger partial charge in [0, 0.05) is 25.0 Å². The Kier molecular flexibility index (Phi) is 17.0. The van der Waals surface area contributed by atoms with Crippen LogP contribution >= 0.6 is 0 Å². The summed E-state index contributed by atoms with van der Waals surface area (Å²) in [5.74, 6) is -0.879. The Balaban J connectivity index is 2.02. The number of hydrogen-bond donors (Lipinski definition) is 3. The molecular weight excluding hydrogens is 693 g/mol. The van der Waals surface area contributed by atoms with Crippen LogP contribution in [0.1, 0.15) is 99.1 Å². The molecule has 0 saturated carbocycles. The van der Waals surface area contributed by atoms with Gasteiger partial charge >= 0.3 is 6.09 Å². The Morgan fingerprint density at radius 2 is 1.50 bits per heavy atom. The van der Waals surface area contributed by atoms with Crippen molar-refractivity contribution < 1.29 is 23.5 Å². The first-order valence-corrected chi connectivity index (χ1v) is 23.0. The molecule has 0 aromatic heterocycles. The number of carbonyl (C=O) groups is 3. The number of likely N-dealkylation sites (tertiary alicyclic amines) is 1. The molecule has 1 aliphatic rings. The average molecular weight is 763 g/mol. The molecule has 0 aliphatic carbocycles. The van der Waals surface area contributed by atoms with Crippen molar-refractivity contribution >= 4 is 32.3 Å². The number of nitrogens with one attached hydrogen (secondary N) is 3. The number of piperidine rings is 1. The molecule has 1 saturated heterocycles. The molecule has 0 radical (unpaired) electrons. The number of amides is 3. The van der Waals surface area contributed by atoms with E-state index >= 15 is 0 Å². The number of benzene rings is 2. The van der Waals surface area contributed by atoms with Gasteiger partial charge in [-0.2, -0.15) is 0 Å². The molecule has 9 nitrogen and oxygen atoms in total. The van der Waals surface area contributed by atoms with Crippen molar-refractivity contribution in [3.05, 3.63) is 77.9 Å². The van der Waals surface area contributed by atoms with E-state index in [4.69, 9.17) is 9.16 Å². The highest BCUT2D eigenvalue weighted by molar-refractivity contribution is 6.74. The van der Waals surface area contributed by atoms with E-state index in [1.807, 2.05) is 112 Å². The highest BCUT2D eigenvalue weighted by Gasteiger charge is 2.43. The van der Waals surface area contributed by atoms with Crippen LogP contribution in [-0.4, -0.2) is 80.6 Å². The van der Waals surface area contributed by atoms with E-state index in [2.05, 4.69) is 56.7 Å². The largest absolute Gasteiger partial charge is 0.444 e. The van der Waals surface area contributed by atoms with Crippen LogP contribution < -0.4 is 16.0 Å². The summed E-state index contributed by atoms with van der Waals surface area (Å²) >= 11 is 0. The SMILES string of the molecule is CCNC1CCN(C(=O)C(NC(=O)C(CC=Cc2ccccc2)CC(O[Si](C)(C)C(C)(C)C)C(Cc2ccccc2)NC(=O)OC(C)(C)C)C(C)C)CC1. The fourth-order valence-electron chi connectivity index (χ4n) is 6.55. The Labute approximate surface area is 327 Å². The molecule has 0 bridgehead atoms. The molecule has 3 amide bonds. The molecular formula is C44H70N4O5Si. The molecule has 3 N–H and O–H groups in total. The Morgan fingerprint density at radius 1 is 0.907 bits per heavy atom. The van der Waals surface area contributed by atoms with Crippen molar-refractivity contribution in [3.63, 3.8) is 0 Å². The van der Waals surface area contributed by atoms with Gasteiger partial charge in [-0.05, 0) is 94.6 Å². The van der Waals surface area contributed by atoms with Gasteiger partial charge in [0.25, 0.3) is 0 Å².